The van der Waals surface area contributed by atoms with Crippen molar-refractivity contribution in [3.05, 3.63) is 0 Å². The molecule has 3 heteroatoms. The first-order valence-corrected chi connectivity index (χ1v) is 6.63. The van der Waals surface area contributed by atoms with Crippen LogP contribution in [0.4, 0.5) is 0 Å². The topological polar surface area (TPSA) is 49.3 Å². The molecule has 2 saturated carbocycles. The van der Waals surface area contributed by atoms with E-state index >= 15 is 0 Å². The molecular formula is C13H23NO2. The van der Waals surface area contributed by atoms with Crippen LogP contribution in [-0.2, 0) is 4.79 Å². The molecule has 0 saturated heterocycles. The summed E-state index contributed by atoms with van der Waals surface area (Å²) < 4.78 is 0. The van der Waals surface area contributed by atoms with Crippen LogP contribution >= 0.6 is 0 Å². The second kappa shape index (κ2) is 4.74. The molecule has 0 unspecified atom stereocenters. The van der Waals surface area contributed by atoms with E-state index < -0.39 is 5.60 Å². The van der Waals surface area contributed by atoms with Crippen LogP contribution in [0.5, 0.6) is 0 Å². The van der Waals surface area contributed by atoms with Crippen molar-refractivity contribution in [3.8, 4) is 0 Å². The summed E-state index contributed by atoms with van der Waals surface area (Å²) in [4.78, 5) is 11.5. The monoisotopic (exact) mass is 225 g/mol. The first-order chi connectivity index (χ1) is 7.63. The van der Waals surface area contributed by atoms with Crippen LogP contribution in [0.25, 0.3) is 0 Å². The SMILES string of the molecule is CCC1CCC(O)(CNC(=O)C2CC2)CC1. The average molecular weight is 225 g/mol. The van der Waals surface area contributed by atoms with Crippen molar-refractivity contribution in [2.75, 3.05) is 6.54 Å². The molecule has 92 valence electrons. The van der Waals surface area contributed by atoms with Crippen LogP contribution in [0, 0.1) is 11.8 Å². The minimum absolute atomic E-state index is 0.144. The molecule has 0 bridgehead atoms. The highest BCUT2D eigenvalue weighted by molar-refractivity contribution is 5.80. The summed E-state index contributed by atoms with van der Waals surface area (Å²) in [6.07, 6.45) is 7.17. The summed E-state index contributed by atoms with van der Waals surface area (Å²) in [7, 11) is 0. The van der Waals surface area contributed by atoms with Gasteiger partial charge in [-0.3, -0.25) is 4.79 Å². The maximum atomic E-state index is 11.5. The van der Waals surface area contributed by atoms with Crippen LogP contribution in [0.1, 0.15) is 51.9 Å². The number of nitrogens with one attached hydrogen (secondary N) is 1. The summed E-state index contributed by atoms with van der Waals surface area (Å²) in [6, 6.07) is 0. The molecular weight excluding hydrogens is 202 g/mol. The highest BCUT2D eigenvalue weighted by Gasteiger charge is 2.35. The zero-order valence-electron chi connectivity index (χ0n) is 10.2. The van der Waals surface area contributed by atoms with Gasteiger partial charge in [0, 0.05) is 12.5 Å². The Morgan fingerprint density at radius 3 is 2.44 bits per heavy atom. The number of hydrogen-bond donors (Lipinski definition) is 2. The molecule has 3 nitrogen and oxygen atoms in total. The van der Waals surface area contributed by atoms with Gasteiger partial charge in [0.05, 0.1) is 5.60 Å². The molecule has 2 aliphatic carbocycles. The third-order valence-corrected chi connectivity index (χ3v) is 4.15. The number of carbonyl (C=O) groups is 1. The summed E-state index contributed by atoms with van der Waals surface area (Å²) in [5.41, 5.74) is -0.629. The predicted octanol–water partition coefficient (Wildman–Crippen LogP) is 1.84. The molecule has 0 aromatic rings. The van der Waals surface area contributed by atoms with Gasteiger partial charge in [-0.05, 0) is 44.4 Å². The molecule has 0 atom stereocenters. The van der Waals surface area contributed by atoms with E-state index in [1.165, 1.54) is 6.42 Å². The number of aliphatic hydroxyl groups is 1. The molecule has 2 N–H and O–H groups in total. The standard InChI is InChI=1S/C13H23NO2/c1-2-10-5-7-13(16,8-6-10)9-14-12(15)11-3-4-11/h10-11,16H,2-9H2,1H3,(H,14,15). The van der Waals surface area contributed by atoms with E-state index in [1.54, 1.807) is 0 Å². The summed E-state index contributed by atoms with van der Waals surface area (Å²) in [5.74, 6) is 1.17. The van der Waals surface area contributed by atoms with E-state index in [2.05, 4.69) is 12.2 Å². The van der Waals surface area contributed by atoms with E-state index in [1.807, 2.05) is 0 Å². The number of amides is 1. The summed E-state index contributed by atoms with van der Waals surface area (Å²) in [5, 5.41) is 13.2. The Morgan fingerprint density at radius 1 is 1.31 bits per heavy atom. The Hall–Kier alpha value is -0.570. The lowest BCUT2D eigenvalue weighted by atomic mass is 9.78. The zero-order chi connectivity index (χ0) is 11.6. The molecule has 1 amide bonds. The minimum Gasteiger partial charge on any atom is -0.388 e. The van der Waals surface area contributed by atoms with Crippen LogP contribution in [-0.4, -0.2) is 23.2 Å². The Labute approximate surface area is 97.6 Å². The fourth-order valence-electron chi connectivity index (χ4n) is 2.54. The van der Waals surface area contributed by atoms with Gasteiger partial charge in [0.2, 0.25) is 5.91 Å². The van der Waals surface area contributed by atoms with Crippen LogP contribution < -0.4 is 5.32 Å². The third kappa shape index (κ3) is 2.97. The van der Waals surface area contributed by atoms with Crippen molar-refractivity contribution in [3.63, 3.8) is 0 Å². The second-order valence-corrected chi connectivity index (χ2v) is 5.57. The van der Waals surface area contributed by atoms with Gasteiger partial charge in [-0.1, -0.05) is 13.3 Å². The highest BCUT2D eigenvalue weighted by Crippen LogP contribution is 2.34. The largest absolute Gasteiger partial charge is 0.388 e. The van der Waals surface area contributed by atoms with Crippen LogP contribution in [0.15, 0.2) is 0 Å². The van der Waals surface area contributed by atoms with E-state index in [9.17, 15) is 9.90 Å². The third-order valence-electron chi connectivity index (χ3n) is 4.15. The van der Waals surface area contributed by atoms with E-state index in [0.717, 1.165) is 44.4 Å². The molecule has 0 aromatic heterocycles. The molecule has 0 aliphatic heterocycles. The second-order valence-electron chi connectivity index (χ2n) is 5.57. The van der Waals surface area contributed by atoms with Crippen molar-refractivity contribution < 1.29 is 9.90 Å². The molecule has 16 heavy (non-hydrogen) atoms. The van der Waals surface area contributed by atoms with Gasteiger partial charge in [0.25, 0.3) is 0 Å². The lowest BCUT2D eigenvalue weighted by Crippen LogP contribution is -2.45. The fourth-order valence-corrected chi connectivity index (χ4v) is 2.54. The molecule has 2 rings (SSSR count). The normalized spacial score (nSPS) is 34.8. The maximum absolute atomic E-state index is 11.5. The Kier molecular flexibility index (Phi) is 3.53. The summed E-state index contributed by atoms with van der Waals surface area (Å²) >= 11 is 0. The predicted molar refractivity (Wildman–Crippen MR) is 62.9 cm³/mol. The molecule has 2 fully saturated rings. The van der Waals surface area contributed by atoms with Gasteiger partial charge in [-0.15, -0.1) is 0 Å². The van der Waals surface area contributed by atoms with Crippen molar-refractivity contribution in [2.24, 2.45) is 11.8 Å². The minimum atomic E-state index is -0.629. The van der Waals surface area contributed by atoms with Crippen LogP contribution in [0.3, 0.4) is 0 Å². The number of carbonyl (C=O) groups excluding carboxylic acids is 1. The maximum Gasteiger partial charge on any atom is 0.223 e. The van der Waals surface area contributed by atoms with Crippen molar-refractivity contribution in [1.29, 1.82) is 0 Å². The van der Waals surface area contributed by atoms with Crippen molar-refractivity contribution >= 4 is 5.91 Å². The lowest BCUT2D eigenvalue weighted by Gasteiger charge is -2.35. The average Bonchev–Trinajstić information content (AvgIpc) is 3.11. The first-order valence-electron chi connectivity index (χ1n) is 6.63. The number of hydrogen-bond acceptors (Lipinski definition) is 2. The smallest absolute Gasteiger partial charge is 0.223 e. The quantitative estimate of drug-likeness (QED) is 0.767. The van der Waals surface area contributed by atoms with Crippen LogP contribution in [0.2, 0.25) is 0 Å². The van der Waals surface area contributed by atoms with Gasteiger partial charge in [0.1, 0.15) is 0 Å². The molecule has 0 heterocycles. The Morgan fingerprint density at radius 2 is 1.94 bits per heavy atom. The highest BCUT2D eigenvalue weighted by atomic mass is 16.3. The van der Waals surface area contributed by atoms with Gasteiger partial charge in [-0.25, -0.2) is 0 Å². The van der Waals surface area contributed by atoms with E-state index in [-0.39, 0.29) is 11.8 Å². The van der Waals surface area contributed by atoms with E-state index in [4.69, 9.17) is 0 Å². The van der Waals surface area contributed by atoms with Gasteiger partial charge in [0.15, 0.2) is 0 Å². The zero-order valence-corrected chi connectivity index (χ0v) is 10.2. The Bertz CT molecular complexity index is 253. The van der Waals surface area contributed by atoms with Crippen molar-refractivity contribution in [2.45, 2.75) is 57.5 Å². The van der Waals surface area contributed by atoms with Gasteiger partial charge in [-0.2, -0.15) is 0 Å². The molecule has 2 aliphatic rings. The van der Waals surface area contributed by atoms with Crippen molar-refractivity contribution in [1.82, 2.24) is 5.32 Å². The number of rotatable bonds is 4. The first kappa shape index (κ1) is 11.9. The summed E-state index contributed by atoms with van der Waals surface area (Å²) in [6.45, 7) is 2.67. The van der Waals surface area contributed by atoms with Gasteiger partial charge >= 0.3 is 0 Å². The fraction of sp³-hybridized carbons (Fsp3) is 0.923. The molecule has 0 radical (unpaired) electrons. The molecule has 0 spiro atoms. The lowest BCUT2D eigenvalue weighted by molar-refractivity contribution is -0.124. The Balaban J connectivity index is 1.73. The molecule has 0 aromatic carbocycles. The van der Waals surface area contributed by atoms with Gasteiger partial charge < -0.3 is 10.4 Å². The van der Waals surface area contributed by atoms with E-state index in [0.29, 0.717) is 6.54 Å².